The van der Waals surface area contributed by atoms with Crippen LogP contribution in [0.4, 0.5) is 0 Å². The van der Waals surface area contributed by atoms with E-state index in [9.17, 15) is 13.2 Å². The molecule has 2 rings (SSSR count). The van der Waals surface area contributed by atoms with Gasteiger partial charge in [0.2, 0.25) is 10.0 Å². The fourth-order valence-electron chi connectivity index (χ4n) is 3.02. The van der Waals surface area contributed by atoms with Crippen LogP contribution in [-0.2, 0) is 14.8 Å². The van der Waals surface area contributed by atoms with Crippen LogP contribution in [0.3, 0.4) is 0 Å². The number of hydrogen-bond acceptors (Lipinski definition) is 5. The van der Waals surface area contributed by atoms with Gasteiger partial charge in [-0.25, -0.2) is 13.2 Å². The number of carbonyl (C=O) groups is 1. The molecule has 1 aliphatic rings. The normalized spacial score (nSPS) is 18.7. The lowest BCUT2D eigenvalue weighted by molar-refractivity contribution is 0.0600. The standard InChI is InChI=1S/C16H24N2O4S.ClH/c1-12-9-14(16(19)22-3)6-7-15(12)23(20,21)18-8-4-5-13(11-18)10-17-2;/h6-7,9,13,17H,4-5,8,10-11H2,1-3H3;1H. The third kappa shape index (κ3) is 4.47. The molecule has 6 nitrogen and oxygen atoms in total. The maximum atomic E-state index is 12.9. The zero-order valence-electron chi connectivity index (χ0n) is 14.2. The highest BCUT2D eigenvalue weighted by molar-refractivity contribution is 7.89. The van der Waals surface area contributed by atoms with Gasteiger partial charge in [0.25, 0.3) is 0 Å². The zero-order chi connectivity index (χ0) is 17.0. The van der Waals surface area contributed by atoms with Crippen LogP contribution in [0.1, 0.15) is 28.8 Å². The van der Waals surface area contributed by atoms with Crippen LogP contribution < -0.4 is 5.32 Å². The molecule has 0 aliphatic carbocycles. The Morgan fingerprint density at radius 1 is 1.42 bits per heavy atom. The van der Waals surface area contributed by atoms with Gasteiger partial charge in [-0.15, -0.1) is 12.4 Å². The average Bonchev–Trinajstić information content (AvgIpc) is 2.54. The third-order valence-corrected chi connectivity index (χ3v) is 6.21. The number of esters is 1. The Bertz CT molecular complexity index is 677. The van der Waals surface area contributed by atoms with Crippen molar-refractivity contribution < 1.29 is 17.9 Å². The summed E-state index contributed by atoms with van der Waals surface area (Å²) in [6.07, 6.45) is 1.90. The Balaban J connectivity index is 0.00000288. The summed E-state index contributed by atoms with van der Waals surface area (Å²) in [5, 5.41) is 3.11. The molecule has 1 aromatic rings. The van der Waals surface area contributed by atoms with Gasteiger partial charge in [0.05, 0.1) is 17.6 Å². The first-order chi connectivity index (χ1) is 10.9. The van der Waals surface area contributed by atoms with E-state index in [0.29, 0.717) is 30.1 Å². The summed E-state index contributed by atoms with van der Waals surface area (Å²) >= 11 is 0. The summed E-state index contributed by atoms with van der Waals surface area (Å²) in [4.78, 5) is 11.8. The number of hydrogen-bond donors (Lipinski definition) is 1. The Morgan fingerprint density at radius 3 is 2.71 bits per heavy atom. The third-order valence-electron chi connectivity index (χ3n) is 4.19. The maximum Gasteiger partial charge on any atom is 0.337 e. The van der Waals surface area contributed by atoms with Gasteiger partial charge in [-0.2, -0.15) is 4.31 Å². The van der Waals surface area contributed by atoms with Gasteiger partial charge in [-0.3, -0.25) is 0 Å². The van der Waals surface area contributed by atoms with Crippen molar-refractivity contribution in [1.29, 1.82) is 0 Å². The molecular weight excluding hydrogens is 352 g/mol. The van der Waals surface area contributed by atoms with E-state index in [1.807, 2.05) is 7.05 Å². The predicted octanol–water partition coefficient (Wildman–Crippen LogP) is 1.82. The monoisotopic (exact) mass is 376 g/mol. The number of halogens is 1. The molecule has 1 unspecified atom stereocenters. The van der Waals surface area contributed by atoms with Crippen LogP contribution in [0.25, 0.3) is 0 Å². The Morgan fingerprint density at radius 2 is 2.12 bits per heavy atom. The second-order valence-corrected chi connectivity index (χ2v) is 7.81. The van der Waals surface area contributed by atoms with Crippen LogP contribution in [0.15, 0.2) is 23.1 Å². The summed E-state index contributed by atoms with van der Waals surface area (Å²) in [6, 6.07) is 4.56. The molecule has 0 aromatic heterocycles. The number of methoxy groups -OCH3 is 1. The summed E-state index contributed by atoms with van der Waals surface area (Å²) in [6.45, 7) is 3.59. The van der Waals surface area contributed by atoms with Crippen molar-refractivity contribution in [2.45, 2.75) is 24.7 Å². The first-order valence-electron chi connectivity index (χ1n) is 7.74. The van der Waals surface area contributed by atoms with E-state index in [-0.39, 0.29) is 17.3 Å². The van der Waals surface area contributed by atoms with Crippen molar-refractivity contribution >= 4 is 28.4 Å². The molecule has 0 bridgehead atoms. The highest BCUT2D eigenvalue weighted by Gasteiger charge is 2.31. The molecule has 1 saturated heterocycles. The van der Waals surface area contributed by atoms with E-state index >= 15 is 0 Å². The van der Waals surface area contributed by atoms with Gasteiger partial charge in [-0.05, 0) is 63.0 Å². The van der Waals surface area contributed by atoms with Gasteiger partial charge in [0.15, 0.2) is 0 Å². The topological polar surface area (TPSA) is 75.7 Å². The second-order valence-electron chi connectivity index (χ2n) is 5.90. The number of benzene rings is 1. The molecule has 0 amide bonds. The fourth-order valence-corrected chi connectivity index (χ4v) is 4.78. The van der Waals surface area contributed by atoms with E-state index in [2.05, 4.69) is 10.1 Å². The van der Waals surface area contributed by atoms with Gasteiger partial charge in [0, 0.05) is 13.1 Å². The molecule has 8 heteroatoms. The van der Waals surface area contributed by atoms with Crippen molar-refractivity contribution in [2.24, 2.45) is 5.92 Å². The first kappa shape index (κ1) is 20.9. The van der Waals surface area contributed by atoms with Crippen LogP contribution in [0.2, 0.25) is 0 Å². The molecule has 24 heavy (non-hydrogen) atoms. The second kappa shape index (κ2) is 8.80. The molecule has 1 aliphatic heterocycles. The number of ether oxygens (including phenoxy) is 1. The van der Waals surface area contributed by atoms with Gasteiger partial charge < -0.3 is 10.1 Å². The highest BCUT2D eigenvalue weighted by atomic mass is 35.5. The molecule has 0 saturated carbocycles. The number of carbonyl (C=O) groups excluding carboxylic acids is 1. The Kier molecular flexibility index (Phi) is 7.66. The lowest BCUT2D eigenvalue weighted by Crippen LogP contribution is -2.42. The van der Waals surface area contributed by atoms with Gasteiger partial charge >= 0.3 is 5.97 Å². The molecule has 1 fully saturated rings. The minimum Gasteiger partial charge on any atom is -0.465 e. The van der Waals surface area contributed by atoms with Crippen molar-refractivity contribution in [3.8, 4) is 0 Å². The molecule has 0 radical (unpaired) electrons. The van der Waals surface area contributed by atoms with Crippen LogP contribution in [0, 0.1) is 12.8 Å². The smallest absolute Gasteiger partial charge is 0.337 e. The van der Waals surface area contributed by atoms with Crippen LogP contribution in [0.5, 0.6) is 0 Å². The van der Waals surface area contributed by atoms with E-state index < -0.39 is 16.0 Å². The predicted molar refractivity (Wildman–Crippen MR) is 95.2 cm³/mol. The quantitative estimate of drug-likeness (QED) is 0.793. The van der Waals surface area contributed by atoms with Crippen molar-refractivity contribution in [3.05, 3.63) is 29.3 Å². The molecule has 1 N–H and O–H groups in total. The minimum atomic E-state index is -3.54. The van der Waals surface area contributed by atoms with Gasteiger partial charge in [0.1, 0.15) is 0 Å². The number of aryl methyl sites for hydroxylation is 1. The summed E-state index contributed by atoms with van der Waals surface area (Å²) < 4.78 is 32.0. The van der Waals surface area contributed by atoms with Crippen LogP contribution >= 0.6 is 12.4 Å². The number of nitrogens with one attached hydrogen (secondary N) is 1. The SMILES string of the molecule is CNCC1CCCN(S(=O)(=O)c2ccc(C(=O)OC)cc2C)C1.Cl. The lowest BCUT2D eigenvalue weighted by atomic mass is 10.00. The summed E-state index contributed by atoms with van der Waals surface area (Å²) in [7, 11) is -0.358. The molecular formula is C16H25ClN2O4S. The summed E-state index contributed by atoms with van der Waals surface area (Å²) in [5.41, 5.74) is 0.916. The lowest BCUT2D eigenvalue weighted by Gasteiger charge is -2.32. The molecule has 136 valence electrons. The largest absolute Gasteiger partial charge is 0.465 e. The Hall–Kier alpha value is -1.15. The Labute approximate surface area is 150 Å². The number of piperidine rings is 1. The molecule has 1 aromatic carbocycles. The highest BCUT2D eigenvalue weighted by Crippen LogP contribution is 2.26. The molecule has 1 heterocycles. The van der Waals surface area contributed by atoms with Gasteiger partial charge in [-0.1, -0.05) is 0 Å². The van der Waals surface area contributed by atoms with Crippen molar-refractivity contribution in [2.75, 3.05) is 33.8 Å². The zero-order valence-corrected chi connectivity index (χ0v) is 15.9. The van der Waals surface area contributed by atoms with Crippen molar-refractivity contribution in [3.63, 3.8) is 0 Å². The number of nitrogens with zero attached hydrogens (tertiary/aromatic N) is 1. The molecule has 1 atom stereocenters. The van der Waals surface area contributed by atoms with Crippen molar-refractivity contribution in [1.82, 2.24) is 9.62 Å². The number of rotatable bonds is 5. The van der Waals surface area contributed by atoms with E-state index in [4.69, 9.17) is 0 Å². The minimum absolute atomic E-state index is 0. The molecule has 0 spiro atoms. The van der Waals surface area contributed by atoms with Crippen LogP contribution in [-0.4, -0.2) is 52.5 Å². The summed E-state index contributed by atoms with van der Waals surface area (Å²) in [5.74, 6) is -0.137. The van der Waals surface area contributed by atoms with E-state index in [0.717, 1.165) is 19.4 Å². The van der Waals surface area contributed by atoms with E-state index in [1.54, 1.807) is 17.3 Å². The first-order valence-corrected chi connectivity index (χ1v) is 9.18. The number of sulfonamides is 1. The maximum absolute atomic E-state index is 12.9. The average molecular weight is 377 g/mol. The van der Waals surface area contributed by atoms with E-state index in [1.165, 1.54) is 19.2 Å². The fraction of sp³-hybridized carbons (Fsp3) is 0.562.